The summed E-state index contributed by atoms with van der Waals surface area (Å²) < 4.78 is 2.01. The van der Waals surface area contributed by atoms with Gasteiger partial charge in [0.2, 0.25) is 5.91 Å². The average Bonchev–Trinajstić information content (AvgIpc) is 3.30. The molecule has 0 unspecified atom stereocenters. The average molecular weight is 413 g/mol. The Balaban J connectivity index is 1.32. The van der Waals surface area contributed by atoms with Gasteiger partial charge in [0.15, 0.2) is 11.0 Å². The third kappa shape index (κ3) is 4.31. The van der Waals surface area contributed by atoms with Crippen LogP contribution in [0.1, 0.15) is 28.8 Å². The predicted molar refractivity (Wildman–Crippen MR) is 115 cm³/mol. The summed E-state index contributed by atoms with van der Waals surface area (Å²) in [5.41, 5.74) is 3.89. The van der Waals surface area contributed by atoms with Crippen LogP contribution in [0.3, 0.4) is 0 Å². The standard InChI is InChI=1S/C21H24N4OS2/c1-25-20(17-13-27-18-10-6-5-9-16(17)18)23-24-21(25)28-14-19(26)22-12-11-15-7-3-2-4-8-15/h2-4,7-8,13H,5-6,9-12,14H2,1H3,(H,22,26). The number of fused-ring (bicyclic) bond motifs is 1. The number of amides is 1. The molecule has 146 valence electrons. The molecule has 1 aromatic carbocycles. The number of aryl methyl sites for hydroxylation is 1. The van der Waals surface area contributed by atoms with Crippen molar-refractivity contribution in [3.05, 3.63) is 51.7 Å². The van der Waals surface area contributed by atoms with Gasteiger partial charge in [-0.2, -0.15) is 0 Å². The summed E-state index contributed by atoms with van der Waals surface area (Å²) in [5.74, 6) is 1.28. The van der Waals surface area contributed by atoms with Gasteiger partial charge in [-0.15, -0.1) is 21.5 Å². The highest BCUT2D eigenvalue weighted by Gasteiger charge is 2.21. The first-order valence-electron chi connectivity index (χ1n) is 9.65. The fourth-order valence-electron chi connectivity index (χ4n) is 3.53. The molecular weight excluding hydrogens is 388 g/mol. The van der Waals surface area contributed by atoms with Crippen molar-refractivity contribution in [3.8, 4) is 11.4 Å². The number of thioether (sulfide) groups is 1. The van der Waals surface area contributed by atoms with Crippen LogP contribution >= 0.6 is 23.1 Å². The van der Waals surface area contributed by atoms with Crippen molar-refractivity contribution in [2.75, 3.05) is 12.3 Å². The number of thiophene rings is 1. The number of carbonyl (C=O) groups is 1. The molecular formula is C21H24N4OS2. The summed E-state index contributed by atoms with van der Waals surface area (Å²) in [6, 6.07) is 10.2. The normalized spacial score (nSPS) is 13.3. The van der Waals surface area contributed by atoms with E-state index in [1.54, 1.807) is 0 Å². The molecule has 0 radical (unpaired) electrons. The number of aromatic nitrogens is 3. The maximum absolute atomic E-state index is 12.2. The monoisotopic (exact) mass is 412 g/mol. The third-order valence-electron chi connectivity index (χ3n) is 5.05. The van der Waals surface area contributed by atoms with Gasteiger partial charge in [0.25, 0.3) is 0 Å². The quantitative estimate of drug-likeness (QED) is 0.599. The lowest BCUT2D eigenvalue weighted by molar-refractivity contribution is -0.118. The molecule has 2 aromatic heterocycles. The molecule has 1 N–H and O–H groups in total. The number of hydrogen-bond donors (Lipinski definition) is 1. The zero-order chi connectivity index (χ0) is 19.3. The lowest BCUT2D eigenvalue weighted by atomic mass is 9.96. The second-order valence-corrected chi connectivity index (χ2v) is 8.90. The van der Waals surface area contributed by atoms with Gasteiger partial charge >= 0.3 is 0 Å². The van der Waals surface area contributed by atoms with E-state index in [9.17, 15) is 4.79 Å². The first-order chi connectivity index (χ1) is 13.7. The van der Waals surface area contributed by atoms with Crippen molar-refractivity contribution in [2.24, 2.45) is 7.05 Å². The Morgan fingerprint density at radius 2 is 2.04 bits per heavy atom. The fraction of sp³-hybridized carbons (Fsp3) is 0.381. The van der Waals surface area contributed by atoms with Gasteiger partial charge in [0.05, 0.1) is 5.75 Å². The van der Waals surface area contributed by atoms with Crippen molar-refractivity contribution < 1.29 is 4.79 Å². The van der Waals surface area contributed by atoms with Crippen molar-refractivity contribution >= 4 is 29.0 Å². The summed E-state index contributed by atoms with van der Waals surface area (Å²) >= 11 is 3.28. The molecule has 0 atom stereocenters. The van der Waals surface area contributed by atoms with E-state index in [4.69, 9.17) is 0 Å². The highest BCUT2D eigenvalue weighted by molar-refractivity contribution is 7.99. The number of nitrogens with zero attached hydrogens (tertiary/aromatic N) is 3. The molecule has 1 amide bonds. The van der Waals surface area contributed by atoms with E-state index < -0.39 is 0 Å². The van der Waals surface area contributed by atoms with Gasteiger partial charge in [0.1, 0.15) is 0 Å². The lowest BCUT2D eigenvalue weighted by Crippen LogP contribution is -2.27. The van der Waals surface area contributed by atoms with E-state index in [-0.39, 0.29) is 5.91 Å². The molecule has 2 heterocycles. The summed E-state index contributed by atoms with van der Waals surface area (Å²) in [7, 11) is 1.98. The molecule has 0 bridgehead atoms. The highest BCUT2D eigenvalue weighted by Crippen LogP contribution is 2.36. The second kappa shape index (κ2) is 8.92. The summed E-state index contributed by atoms with van der Waals surface area (Å²) in [6.45, 7) is 0.647. The maximum atomic E-state index is 12.2. The van der Waals surface area contributed by atoms with Crippen LogP contribution in [-0.2, 0) is 31.1 Å². The van der Waals surface area contributed by atoms with Gasteiger partial charge in [-0.3, -0.25) is 4.79 Å². The Hall–Kier alpha value is -2.12. The minimum atomic E-state index is 0.0263. The van der Waals surface area contributed by atoms with E-state index >= 15 is 0 Å². The number of nitrogens with one attached hydrogen (secondary N) is 1. The minimum Gasteiger partial charge on any atom is -0.355 e. The van der Waals surface area contributed by atoms with Crippen LogP contribution in [-0.4, -0.2) is 33.0 Å². The summed E-state index contributed by atoms with van der Waals surface area (Å²) in [6.07, 6.45) is 5.69. The second-order valence-electron chi connectivity index (χ2n) is 7.00. The smallest absolute Gasteiger partial charge is 0.230 e. The van der Waals surface area contributed by atoms with Crippen molar-refractivity contribution in [2.45, 2.75) is 37.3 Å². The molecule has 1 aliphatic carbocycles. The van der Waals surface area contributed by atoms with Crippen LogP contribution in [0.4, 0.5) is 0 Å². The van der Waals surface area contributed by atoms with Gasteiger partial charge in [-0.05, 0) is 43.2 Å². The molecule has 0 spiro atoms. The largest absolute Gasteiger partial charge is 0.355 e. The van der Waals surface area contributed by atoms with E-state index in [1.165, 1.54) is 52.6 Å². The zero-order valence-corrected chi connectivity index (χ0v) is 17.6. The van der Waals surface area contributed by atoms with Crippen LogP contribution in [0.25, 0.3) is 11.4 Å². The predicted octanol–water partition coefficient (Wildman–Crippen LogP) is 3.87. The molecule has 7 heteroatoms. The first-order valence-corrected chi connectivity index (χ1v) is 11.5. The Bertz CT molecular complexity index is 949. The van der Waals surface area contributed by atoms with Crippen LogP contribution in [0.5, 0.6) is 0 Å². The molecule has 0 fully saturated rings. The van der Waals surface area contributed by atoms with Gasteiger partial charge in [-0.1, -0.05) is 42.1 Å². The number of hydrogen-bond acceptors (Lipinski definition) is 5. The summed E-state index contributed by atoms with van der Waals surface area (Å²) in [4.78, 5) is 13.7. The Kier molecular flexibility index (Phi) is 6.12. The van der Waals surface area contributed by atoms with Crippen molar-refractivity contribution in [3.63, 3.8) is 0 Å². The first kappa shape index (κ1) is 19.2. The summed E-state index contributed by atoms with van der Waals surface area (Å²) in [5, 5.41) is 14.7. The van der Waals surface area contributed by atoms with Crippen LogP contribution < -0.4 is 5.32 Å². The number of rotatable bonds is 7. The zero-order valence-electron chi connectivity index (χ0n) is 16.0. The minimum absolute atomic E-state index is 0.0263. The van der Waals surface area contributed by atoms with E-state index in [0.717, 1.165) is 23.8 Å². The van der Waals surface area contributed by atoms with E-state index in [1.807, 2.05) is 41.2 Å². The number of carbonyl (C=O) groups excluding carboxylic acids is 1. The van der Waals surface area contributed by atoms with E-state index in [0.29, 0.717) is 12.3 Å². The van der Waals surface area contributed by atoms with Crippen LogP contribution in [0.2, 0.25) is 0 Å². The molecule has 1 aliphatic rings. The molecule has 28 heavy (non-hydrogen) atoms. The van der Waals surface area contributed by atoms with Crippen molar-refractivity contribution in [1.82, 2.24) is 20.1 Å². The van der Waals surface area contributed by atoms with Gasteiger partial charge in [0, 0.05) is 29.4 Å². The van der Waals surface area contributed by atoms with Crippen molar-refractivity contribution in [1.29, 1.82) is 0 Å². The molecule has 4 rings (SSSR count). The van der Waals surface area contributed by atoms with Gasteiger partial charge in [-0.25, -0.2) is 0 Å². The molecule has 5 nitrogen and oxygen atoms in total. The Morgan fingerprint density at radius 3 is 2.89 bits per heavy atom. The van der Waals surface area contributed by atoms with E-state index in [2.05, 4.69) is 33.0 Å². The fourth-order valence-corrected chi connectivity index (χ4v) is 5.39. The Labute approximate surface area is 173 Å². The van der Waals surface area contributed by atoms with Crippen LogP contribution in [0, 0.1) is 0 Å². The molecule has 0 aliphatic heterocycles. The molecule has 3 aromatic rings. The number of benzene rings is 1. The van der Waals surface area contributed by atoms with Gasteiger partial charge < -0.3 is 9.88 Å². The Morgan fingerprint density at radius 1 is 1.21 bits per heavy atom. The maximum Gasteiger partial charge on any atom is 0.230 e. The van der Waals surface area contributed by atoms with Crippen LogP contribution in [0.15, 0.2) is 40.9 Å². The molecule has 0 saturated carbocycles. The topological polar surface area (TPSA) is 59.8 Å². The molecule has 0 saturated heterocycles. The SMILES string of the molecule is Cn1c(SCC(=O)NCCc2ccccc2)nnc1-c1csc2c1CCCC2. The third-order valence-corrected chi connectivity index (χ3v) is 7.16. The highest BCUT2D eigenvalue weighted by atomic mass is 32.2. The lowest BCUT2D eigenvalue weighted by Gasteiger charge is -2.12.